The average Bonchev–Trinajstić information content (AvgIpc) is 2.53. The monoisotopic (exact) mass is 270 g/mol. The fraction of sp³-hybridized carbons (Fsp3) is 0.200. The van der Waals surface area contributed by atoms with E-state index in [2.05, 4.69) is 34.5 Å². The van der Waals surface area contributed by atoms with Crippen LogP contribution in [-0.4, -0.2) is 16.0 Å². The van der Waals surface area contributed by atoms with Gasteiger partial charge >= 0.3 is 0 Å². The third-order valence-electron chi connectivity index (χ3n) is 3.11. The Hall–Kier alpha value is -2.40. The zero-order valence-corrected chi connectivity index (χ0v) is 11.3. The molecule has 1 heterocycles. The molecule has 20 heavy (non-hydrogen) atoms. The van der Waals surface area contributed by atoms with Gasteiger partial charge in [0.2, 0.25) is 0 Å². The number of rotatable bonds is 5. The number of oxime groups is 1. The lowest BCUT2D eigenvalue weighted by atomic mass is 10.1. The molecule has 0 bridgehead atoms. The van der Waals surface area contributed by atoms with E-state index in [0.29, 0.717) is 12.2 Å². The van der Waals surface area contributed by atoms with Gasteiger partial charge in [-0.2, -0.15) is 0 Å². The normalized spacial score (nSPS) is 13.2. The lowest BCUT2D eigenvalue weighted by Gasteiger charge is -2.14. The molecule has 0 aliphatic heterocycles. The average molecular weight is 270 g/mol. The number of benzene rings is 1. The Kier molecular flexibility index (Phi) is 4.68. The number of nitrogens with zero attached hydrogens (tertiary/aromatic N) is 2. The molecule has 0 unspecified atom stereocenters. The summed E-state index contributed by atoms with van der Waals surface area (Å²) in [6, 6.07) is 14.2. The van der Waals surface area contributed by atoms with Crippen LogP contribution in [0.4, 0.5) is 0 Å². The fourth-order valence-electron chi connectivity index (χ4n) is 1.91. The van der Waals surface area contributed by atoms with E-state index in [1.54, 1.807) is 12.3 Å². The van der Waals surface area contributed by atoms with Crippen LogP contribution in [0.3, 0.4) is 0 Å². The largest absolute Gasteiger partial charge is 0.409 e. The van der Waals surface area contributed by atoms with Crippen LogP contribution in [0, 0.1) is 0 Å². The molecule has 0 aliphatic rings. The highest BCUT2D eigenvalue weighted by Gasteiger charge is 2.06. The van der Waals surface area contributed by atoms with Gasteiger partial charge in [-0.1, -0.05) is 35.5 Å². The van der Waals surface area contributed by atoms with Gasteiger partial charge < -0.3 is 16.3 Å². The molecule has 5 nitrogen and oxygen atoms in total. The summed E-state index contributed by atoms with van der Waals surface area (Å²) in [5, 5.41) is 15.0. The predicted octanol–water partition coefficient (Wildman–Crippen LogP) is 2.03. The van der Waals surface area contributed by atoms with Crippen molar-refractivity contribution in [3.05, 3.63) is 65.5 Å². The van der Waals surface area contributed by atoms with E-state index in [0.717, 1.165) is 5.56 Å². The summed E-state index contributed by atoms with van der Waals surface area (Å²) >= 11 is 0. The van der Waals surface area contributed by atoms with Gasteiger partial charge in [-0.05, 0) is 30.2 Å². The third-order valence-corrected chi connectivity index (χ3v) is 3.11. The molecule has 0 saturated carbocycles. The minimum Gasteiger partial charge on any atom is -0.409 e. The van der Waals surface area contributed by atoms with Gasteiger partial charge in [0.05, 0.1) is 0 Å². The van der Waals surface area contributed by atoms with Crippen LogP contribution in [0.5, 0.6) is 0 Å². The number of amidine groups is 1. The predicted molar refractivity (Wildman–Crippen MR) is 78.4 cm³/mol. The highest BCUT2D eigenvalue weighted by atomic mass is 16.4. The van der Waals surface area contributed by atoms with E-state index in [-0.39, 0.29) is 11.9 Å². The summed E-state index contributed by atoms with van der Waals surface area (Å²) in [4.78, 5) is 4.05. The molecule has 1 aromatic carbocycles. The number of hydrogen-bond donors (Lipinski definition) is 3. The first-order valence-electron chi connectivity index (χ1n) is 6.42. The second-order valence-corrected chi connectivity index (χ2v) is 4.55. The van der Waals surface area contributed by atoms with Crippen molar-refractivity contribution >= 4 is 5.84 Å². The van der Waals surface area contributed by atoms with Gasteiger partial charge in [0, 0.05) is 18.8 Å². The molecule has 4 N–H and O–H groups in total. The highest BCUT2D eigenvalue weighted by Crippen LogP contribution is 2.12. The first-order chi connectivity index (χ1) is 9.70. The third kappa shape index (κ3) is 3.55. The highest BCUT2D eigenvalue weighted by molar-refractivity contribution is 5.95. The molecule has 1 atom stereocenters. The summed E-state index contributed by atoms with van der Waals surface area (Å²) in [6.45, 7) is 2.80. The second kappa shape index (κ2) is 6.68. The minimum atomic E-state index is 0.0166. The van der Waals surface area contributed by atoms with Crippen LogP contribution in [0.2, 0.25) is 0 Å². The molecular formula is C15H18N4O. The maximum absolute atomic E-state index is 8.65. The van der Waals surface area contributed by atoms with Crippen molar-refractivity contribution in [3.8, 4) is 0 Å². The van der Waals surface area contributed by atoms with Gasteiger partial charge in [-0.25, -0.2) is 0 Å². The molecule has 1 aromatic heterocycles. The number of nitrogens with one attached hydrogen (secondary N) is 1. The molecule has 0 radical (unpaired) electrons. The zero-order valence-electron chi connectivity index (χ0n) is 11.3. The summed E-state index contributed by atoms with van der Waals surface area (Å²) < 4.78 is 0. The number of hydrogen-bond acceptors (Lipinski definition) is 4. The molecule has 0 saturated heterocycles. The number of nitrogens with two attached hydrogens (primary N) is 1. The number of aromatic nitrogens is 1. The molecule has 2 aromatic rings. The smallest absolute Gasteiger partial charge is 0.188 e. The lowest BCUT2D eigenvalue weighted by molar-refractivity contribution is 0.318. The summed E-state index contributed by atoms with van der Waals surface area (Å²) in [5.41, 5.74) is 8.27. The fourth-order valence-corrected chi connectivity index (χ4v) is 1.91. The van der Waals surface area contributed by atoms with Crippen LogP contribution in [0.1, 0.15) is 29.8 Å². The molecule has 0 amide bonds. The summed E-state index contributed by atoms with van der Waals surface area (Å²) in [7, 11) is 0. The number of pyridine rings is 1. The van der Waals surface area contributed by atoms with Crippen molar-refractivity contribution in [2.45, 2.75) is 19.5 Å². The maximum atomic E-state index is 8.65. The van der Waals surface area contributed by atoms with Gasteiger partial charge in [0.1, 0.15) is 5.69 Å². The molecule has 0 spiro atoms. The Bertz CT molecular complexity index is 583. The topological polar surface area (TPSA) is 83.5 Å². The first-order valence-corrected chi connectivity index (χ1v) is 6.42. The van der Waals surface area contributed by atoms with Crippen molar-refractivity contribution in [2.75, 3.05) is 0 Å². The van der Waals surface area contributed by atoms with E-state index in [1.165, 1.54) is 5.56 Å². The molecule has 2 rings (SSSR count). The molecule has 0 aliphatic carbocycles. The van der Waals surface area contributed by atoms with E-state index >= 15 is 0 Å². The van der Waals surface area contributed by atoms with Crippen molar-refractivity contribution in [2.24, 2.45) is 10.9 Å². The minimum absolute atomic E-state index is 0.0166. The SMILES string of the molecule is C[C@H](NCc1ccnc(C(N)=NO)c1)c1ccccc1. The first kappa shape index (κ1) is 14.0. The van der Waals surface area contributed by atoms with Crippen LogP contribution in [0.25, 0.3) is 0 Å². The van der Waals surface area contributed by atoms with Crippen LogP contribution < -0.4 is 11.1 Å². The van der Waals surface area contributed by atoms with Gasteiger partial charge in [-0.15, -0.1) is 0 Å². The standard InChI is InChI=1S/C15H18N4O/c1-11(13-5-3-2-4-6-13)18-10-12-7-8-17-14(9-12)15(16)19-20/h2-9,11,18,20H,10H2,1H3,(H2,16,19)/t11-/m0/s1. The van der Waals surface area contributed by atoms with Crippen molar-refractivity contribution in [3.63, 3.8) is 0 Å². The molecular weight excluding hydrogens is 252 g/mol. The molecule has 0 fully saturated rings. The van der Waals surface area contributed by atoms with E-state index in [4.69, 9.17) is 10.9 Å². The lowest BCUT2D eigenvalue weighted by Crippen LogP contribution is -2.19. The second-order valence-electron chi connectivity index (χ2n) is 4.55. The maximum Gasteiger partial charge on any atom is 0.188 e. The van der Waals surface area contributed by atoms with Crippen LogP contribution >= 0.6 is 0 Å². The summed E-state index contributed by atoms with van der Waals surface area (Å²) in [5.74, 6) is 0.0166. The summed E-state index contributed by atoms with van der Waals surface area (Å²) in [6.07, 6.45) is 1.65. The van der Waals surface area contributed by atoms with Gasteiger partial charge in [0.25, 0.3) is 0 Å². The molecule has 104 valence electrons. The van der Waals surface area contributed by atoms with E-state index < -0.39 is 0 Å². The van der Waals surface area contributed by atoms with E-state index in [9.17, 15) is 0 Å². The van der Waals surface area contributed by atoms with Gasteiger partial charge in [-0.3, -0.25) is 4.98 Å². The van der Waals surface area contributed by atoms with Crippen molar-refractivity contribution in [1.82, 2.24) is 10.3 Å². The van der Waals surface area contributed by atoms with Crippen LogP contribution in [-0.2, 0) is 6.54 Å². The Morgan fingerprint density at radius 2 is 2.10 bits per heavy atom. The Balaban J connectivity index is 2.01. The Labute approximate surface area is 118 Å². The quantitative estimate of drug-likeness (QED) is 0.336. The van der Waals surface area contributed by atoms with Crippen molar-refractivity contribution in [1.29, 1.82) is 0 Å². The van der Waals surface area contributed by atoms with Crippen LogP contribution in [0.15, 0.2) is 53.8 Å². The van der Waals surface area contributed by atoms with Crippen molar-refractivity contribution < 1.29 is 5.21 Å². The molecule has 5 heteroatoms. The van der Waals surface area contributed by atoms with E-state index in [1.807, 2.05) is 24.3 Å². The Morgan fingerprint density at radius 1 is 1.35 bits per heavy atom. The zero-order chi connectivity index (χ0) is 14.4. The Morgan fingerprint density at radius 3 is 2.80 bits per heavy atom. The van der Waals surface area contributed by atoms with Gasteiger partial charge in [0.15, 0.2) is 5.84 Å².